The molecule has 0 unspecified atom stereocenters. The van der Waals surface area contributed by atoms with E-state index >= 15 is 0 Å². The number of benzene rings is 2. The van der Waals surface area contributed by atoms with Gasteiger partial charge in [-0.1, -0.05) is 24.3 Å². The number of rotatable bonds is 7. The average Bonchev–Trinajstić information content (AvgIpc) is 3.37. The smallest absolute Gasteiger partial charge is 0.356 e. The molecule has 2 aromatic heterocycles. The molecule has 0 bridgehead atoms. The third kappa shape index (κ3) is 5.29. The van der Waals surface area contributed by atoms with Gasteiger partial charge in [0.25, 0.3) is 0 Å². The summed E-state index contributed by atoms with van der Waals surface area (Å²) in [6, 6.07) is 12.7. The fraction of sp³-hybridized carbons (Fsp3) is 0.227. The van der Waals surface area contributed by atoms with Crippen LogP contribution in [-0.4, -0.2) is 27.4 Å². The number of amides is 1. The van der Waals surface area contributed by atoms with Crippen molar-refractivity contribution in [2.75, 3.05) is 6.54 Å². The Morgan fingerprint density at radius 2 is 1.84 bits per heavy atom. The normalized spacial score (nSPS) is 11.7. The van der Waals surface area contributed by atoms with E-state index in [1.54, 1.807) is 5.38 Å². The van der Waals surface area contributed by atoms with Crippen molar-refractivity contribution in [3.63, 3.8) is 0 Å². The van der Waals surface area contributed by atoms with Gasteiger partial charge in [-0.05, 0) is 30.7 Å². The predicted octanol–water partition coefficient (Wildman–Crippen LogP) is 5.00. The molecule has 31 heavy (non-hydrogen) atoms. The molecule has 4 rings (SSSR count). The molecule has 5 nitrogen and oxygen atoms in total. The van der Waals surface area contributed by atoms with Gasteiger partial charge in [-0.15, -0.1) is 11.3 Å². The molecule has 9 heteroatoms. The largest absolute Gasteiger partial charge is 0.416 e. The molecular weight excluding hydrogens is 425 g/mol. The Hall–Kier alpha value is -3.20. The van der Waals surface area contributed by atoms with E-state index in [0.29, 0.717) is 22.8 Å². The Morgan fingerprint density at radius 3 is 2.58 bits per heavy atom. The quantitative estimate of drug-likeness (QED) is 0.394. The molecule has 0 saturated carbocycles. The Bertz CT molecular complexity index is 1150. The summed E-state index contributed by atoms with van der Waals surface area (Å²) in [6.07, 6.45) is -2.76. The van der Waals surface area contributed by atoms with Crippen LogP contribution < -0.4 is 5.32 Å². The third-order valence-corrected chi connectivity index (χ3v) is 5.64. The number of nitrogens with one attached hydrogen (secondary N) is 2. The molecule has 2 aromatic carbocycles. The highest BCUT2D eigenvalue weighted by molar-refractivity contribution is 7.13. The number of aromatic nitrogens is 3. The number of carbonyl (C=O) groups is 1. The zero-order valence-electron chi connectivity index (χ0n) is 16.4. The number of para-hydroxylation sites is 2. The summed E-state index contributed by atoms with van der Waals surface area (Å²) in [5.74, 6) is 0.741. The van der Waals surface area contributed by atoms with Crippen LogP contribution in [0.3, 0.4) is 0 Å². The maximum atomic E-state index is 12.7. The molecule has 4 aromatic rings. The number of aryl methyl sites for hydroxylation is 1. The standard InChI is InChI=1S/C22H19F3N4OS/c23-22(24,25)15-9-7-14(8-10-15)21-27-16(13-31-21)12-20(30)26-11-3-6-19-28-17-4-1-2-5-18(17)29-19/h1-2,4-5,7-10,13H,3,6,11-12H2,(H,26,30)(H,28,29). The first-order valence-electron chi connectivity index (χ1n) is 9.71. The molecule has 0 aliphatic rings. The fourth-order valence-electron chi connectivity index (χ4n) is 3.16. The van der Waals surface area contributed by atoms with Gasteiger partial charge in [-0.3, -0.25) is 4.79 Å². The Labute approximate surface area is 180 Å². The van der Waals surface area contributed by atoms with Gasteiger partial charge in [-0.2, -0.15) is 13.2 Å². The SMILES string of the molecule is O=C(Cc1csc(-c2ccc(C(F)(F)F)cc2)n1)NCCCc1nc2ccccc2[nH]1. The van der Waals surface area contributed by atoms with Crippen LogP contribution in [0, 0.1) is 0 Å². The van der Waals surface area contributed by atoms with Crippen LogP contribution in [0.4, 0.5) is 13.2 Å². The first-order chi connectivity index (χ1) is 14.9. The molecule has 0 aliphatic heterocycles. The van der Waals surface area contributed by atoms with Crippen LogP contribution >= 0.6 is 11.3 Å². The molecule has 0 radical (unpaired) electrons. The second kappa shape index (κ2) is 8.89. The van der Waals surface area contributed by atoms with E-state index in [1.807, 2.05) is 24.3 Å². The van der Waals surface area contributed by atoms with Crippen molar-refractivity contribution in [3.05, 3.63) is 71.0 Å². The molecule has 160 valence electrons. The highest BCUT2D eigenvalue weighted by atomic mass is 32.1. The highest BCUT2D eigenvalue weighted by Crippen LogP contribution is 2.31. The summed E-state index contributed by atoms with van der Waals surface area (Å²) in [4.78, 5) is 24.3. The van der Waals surface area contributed by atoms with Crippen molar-refractivity contribution in [1.82, 2.24) is 20.3 Å². The second-order valence-electron chi connectivity index (χ2n) is 7.05. The number of hydrogen-bond acceptors (Lipinski definition) is 4. The van der Waals surface area contributed by atoms with Gasteiger partial charge in [0.05, 0.1) is 28.7 Å². The lowest BCUT2D eigenvalue weighted by Crippen LogP contribution is -2.26. The Kier molecular flexibility index (Phi) is 6.03. The van der Waals surface area contributed by atoms with E-state index in [4.69, 9.17) is 0 Å². The average molecular weight is 444 g/mol. The number of nitrogens with zero attached hydrogens (tertiary/aromatic N) is 2. The van der Waals surface area contributed by atoms with Crippen LogP contribution in [0.25, 0.3) is 21.6 Å². The number of imidazole rings is 1. The van der Waals surface area contributed by atoms with Crippen molar-refractivity contribution in [3.8, 4) is 10.6 Å². The summed E-state index contributed by atoms with van der Waals surface area (Å²) in [5.41, 5.74) is 2.41. The molecule has 0 fully saturated rings. The number of H-pyrrole nitrogens is 1. The van der Waals surface area contributed by atoms with E-state index < -0.39 is 11.7 Å². The molecule has 2 heterocycles. The van der Waals surface area contributed by atoms with Gasteiger partial charge in [0, 0.05) is 23.9 Å². The van der Waals surface area contributed by atoms with Crippen molar-refractivity contribution < 1.29 is 18.0 Å². The topological polar surface area (TPSA) is 70.7 Å². The molecule has 0 atom stereocenters. The first kappa shape index (κ1) is 21.0. The predicted molar refractivity (Wildman–Crippen MR) is 114 cm³/mol. The van der Waals surface area contributed by atoms with Crippen LogP contribution in [0.1, 0.15) is 23.5 Å². The summed E-state index contributed by atoms with van der Waals surface area (Å²) in [5, 5.41) is 5.20. The zero-order valence-corrected chi connectivity index (χ0v) is 17.2. The number of carbonyl (C=O) groups excluding carboxylic acids is 1. The second-order valence-corrected chi connectivity index (χ2v) is 7.91. The Morgan fingerprint density at radius 1 is 1.06 bits per heavy atom. The van der Waals surface area contributed by atoms with Crippen LogP contribution in [0.15, 0.2) is 53.9 Å². The monoisotopic (exact) mass is 444 g/mol. The van der Waals surface area contributed by atoms with E-state index in [1.165, 1.54) is 23.5 Å². The Balaban J connectivity index is 1.25. The number of alkyl halides is 3. The lowest BCUT2D eigenvalue weighted by Gasteiger charge is -2.06. The molecule has 2 N–H and O–H groups in total. The summed E-state index contributed by atoms with van der Waals surface area (Å²) >= 11 is 1.30. The van der Waals surface area contributed by atoms with Gasteiger partial charge >= 0.3 is 6.18 Å². The van der Waals surface area contributed by atoms with Crippen LogP contribution in [0.2, 0.25) is 0 Å². The van der Waals surface area contributed by atoms with Crippen molar-refractivity contribution >= 4 is 28.3 Å². The number of fused-ring (bicyclic) bond motifs is 1. The van der Waals surface area contributed by atoms with Gasteiger partial charge in [0.15, 0.2) is 0 Å². The highest BCUT2D eigenvalue weighted by Gasteiger charge is 2.30. The zero-order chi connectivity index (χ0) is 21.8. The summed E-state index contributed by atoms with van der Waals surface area (Å²) < 4.78 is 38.0. The lowest BCUT2D eigenvalue weighted by molar-refractivity contribution is -0.137. The molecular formula is C22H19F3N4OS. The van der Waals surface area contributed by atoms with Gasteiger partial charge in [0.2, 0.25) is 5.91 Å². The lowest BCUT2D eigenvalue weighted by atomic mass is 10.1. The maximum Gasteiger partial charge on any atom is 0.416 e. The minimum atomic E-state index is -4.37. The third-order valence-electron chi connectivity index (χ3n) is 4.70. The van der Waals surface area contributed by atoms with E-state index in [-0.39, 0.29) is 12.3 Å². The molecule has 0 saturated heterocycles. The van der Waals surface area contributed by atoms with Gasteiger partial charge in [0.1, 0.15) is 10.8 Å². The van der Waals surface area contributed by atoms with E-state index in [0.717, 1.165) is 41.8 Å². The molecule has 1 amide bonds. The van der Waals surface area contributed by atoms with Crippen LogP contribution in [-0.2, 0) is 23.8 Å². The summed E-state index contributed by atoms with van der Waals surface area (Å²) in [6.45, 7) is 0.520. The maximum absolute atomic E-state index is 12.7. The minimum absolute atomic E-state index is 0.127. The van der Waals surface area contributed by atoms with Gasteiger partial charge in [-0.25, -0.2) is 9.97 Å². The van der Waals surface area contributed by atoms with Gasteiger partial charge < -0.3 is 10.3 Å². The number of thiazole rings is 1. The fourth-order valence-corrected chi connectivity index (χ4v) is 3.98. The first-order valence-corrected chi connectivity index (χ1v) is 10.6. The van der Waals surface area contributed by atoms with Crippen LogP contribution in [0.5, 0.6) is 0 Å². The van der Waals surface area contributed by atoms with E-state index in [2.05, 4.69) is 20.3 Å². The van der Waals surface area contributed by atoms with Crippen molar-refractivity contribution in [2.24, 2.45) is 0 Å². The molecule has 0 spiro atoms. The number of halogens is 3. The summed E-state index contributed by atoms with van der Waals surface area (Å²) in [7, 11) is 0. The number of hydrogen-bond donors (Lipinski definition) is 2. The minimum Gasteiger partial charge on any atom is -0.356 e. The van der Waals surface area contributed by atoms with Crippen molar-refractivity contribution in [2.45, 2.75) is 25.4 Å². The number of aromatic amines is 1. The molecule has 0 aliphatic carbocycles. The van der Waals surface area contributed by atoms with Crippen molar-refractivity contribution in [1.29, 1.82) is 0 Å². The van der Waals surface area contributed by atoms with E-state index in [9.17, 15) is 18.0 Å².